The Kier molecular flexibility index (Phi) is 5.30. The molecule has 2 rings (SSSR count). The third-order valence-corrected chi connectivity index (χ3v) is 4.72. The second kappa shape index (κ2) is 6.75. The van der Waals surface area contributed by atoms with E-state index in [1.54, 1.807) is 0 Å². The zero-order valence-electron chi connectivity index (χ0n) is 11.6. The average molecular weight is 239 g/mol. The molecule has 2 nitrogen and oxygen atoms in total. The maximum absolute atomic E-state index is 5.23. The lowest BCUT2D eigenvalue weighted by Gasteiger charge is -2.36. The van der Waals surface area contributed by atoms with Gasteiger partial charge in [-0.15, -0.1) is 0 Å². The summed E-state index contributed by atoms with van der Waals surface area (Å²) in [6, 6.07) is 0.867. The molecule has 0 spiro atoms. The molecule has 0 saturated heterocycles. The Hall–Kier alpha value is -0.0800. The second-order valence-electron chi connectivity index (χ2n) is 6.15. The Morgan fingerprint density at radius 3 is 2.65 bits per heavy atom. The molecular formula is C15H29NO. The molecule has 100 valence electrons. The lowest BCUT2D eigenvalue weighted by atomic mass is 9.72. The van der Waals surface area contributed by atoms with E-state index in [-0.39, 0.29) is 0 Å². The molecule has 0 aromatic rings. The van der Waals surface area contributed by atoms with Gasteiger partial charge in [0.05, 0.1) is 0 Å². The van der Waals surface area contributed by atoms with Crippen molar-refractivity contribution in [2.24, 2.45) is 17.8 Å². The fourth-order valence-corrected chi connectivity index (χ4v) is 3.36. The van der Waals surface area contributed by atoms with E-state index in [0.717, 1.165) is 30.4 Å². The third-order valence-electron chi connectivity index (χ3n) is 4.72. The van der Waals surface area contributed by atoms with Gasteiger partial charge in [0.15, 0.2) is 0 Å². The number of hydrogen-bond acceptors (Lipinski definition) is 2. The smallest absolute Gasteiger partial charge is 0.0464 e. The van der Waals surface area contributed by atoms with E-state index in [1.165, 1.54) is 51.5 Å². The lowest BCUT2D eigenvalue weighted by molar-refractivity contribution is 0.120. The van der Waals surface area contributed by atoms with Crippen LogP contribution < -0.4 is 5.32 Å². The maximum Gasteiger partial charge on any atom is 0.0464 e. The number of nitrogens with one attached hydrogen (secondary N) is 1. The van der Waals surface area contributed by atoms with Crippen LogP contribution in [0.5, 0.6) is 0 Å². The highest BCUT2D eigenvalue weighted by molar-refractivity contribution is 4.85. The van der Waals surface area contributed by atoms with Gasteiger partial charge in [0.1, 0.15) is 0 Å². The number of hydrogen-bond donors (Lipinski definition) is 1. The highest BCUT2D eigenvalue weighted by atomic mass is 16.5. The largest absolute Gasteiger partial charge is 0.385 e. The van der Waals surface area contributed by atoms with Crippen molar-refractivity contribution >= 4 is 0 Å². The van der Waals surface area contributed by atoms with Crippen LogP contribution in [0.4, 0.5) is 0 Å². The van der Waals surface area contributed by atoms with Crippen LogP contribution in [0.3, 0.4) is 0 Å². The normalized spacial score (nSPS) is 31.4. The van der Waals surface area contributed by atoms with Gasteiger partial charge in [-0.3, -0.25) is 0 Å². The van der Waals surface area contributed by atoms with Crippen LogP contribution in [0.1, 0.15) is 51.9 Å². The molecule has 2 saturated carbocycles. The van der Waals surface area contributed by atoms with E-state index in [0.29, 0.717) is 0 Å². The van der Waals surface area contributed by atoms with Crippen molar-refractivity contribution < 1.29 is 4.74 Å². The highest BCUT2D eigenvalue weighted by Crippen LogP contribution is 2.36. The van der Waals surface area contributed by atoms with Crippen molar-refractivity contribution in [1.29, 1.82) is 0 Å². The van der Waals surface area contributed by atoms with Gasteiger partial charge < -0.3 is 10.1 Å². The summed E-state index contributed by atoms with van der Waals surface area (Å²) < 4.78 is 5.23. The Morgan fingerprint density at radius 2 is 1.94 bits per heavy atom. The molecule has 0 aliphatic heterocycles. The predicted octanol–water partition coefficient (Wildman–Crippen LogP) is 3.22. The number of rotatable bonds is 7. The van der Waals surface area contributed by atoms with Crippen LogP contribution in [0.2, 0.25) is 0 Å². The van der Waals surface area contributed by atoms with Gasteiger partial charge in [-0.05, 0) is 56.4 Å². The Morgan fingerprint density at radius 1 is 1.18 bits per heavy atom. The van der Waals surface area contributed by atoms with Crippen LogP contribution in [0.15, 0.2) is 0 Å². The van der Waals surface area contributed by atoms with E-state index in [9.17, 15) is 0 Å². The molecule has 3 unspecified atom stereocenters. The minimum absolute atomic E-state index is 0.834. The molecular weight excluding hydrogens is 210 g/mol. The van der Waals surface area contributed by atoms with Gasteiger partial charge in [-0.25, -0.2) is 0 Å². The van der Waals surface area contributed by atoms with Crippen molar-refractivity contribution in [3.8, 4) is 0 Å². The topological polar surface area (TPSA) is 21.3 Å². The van der Waals surface area contributed by atoms with E-state index in [4.69, 9.17) is 4.74 Å². The summed E-state index contributed by atoms with van der Waals surface area (Å²) in [5.41, 5.74) is 0. The van der Waals surface area contributed by atoms with Gasteiger partial charge in [0.2, 0.25) is 0 Å². The van der Waals surface area contributed by atoms with Crippen LogP contribution >= 0.6 is 0 Å². The number of methoxy groups -OCH3 is 1. The molecule has 2 fully saturated rings. The molecule has 0 radical (unpaired) electrons. The van der Waals surface area contributed by atoms with Crippen LogP contribution in [-0.2, 0) is 4.74 Å². The van der Waals surface area contributed by atoms with Crippen molar-refractivity contribution in [2.45, 2.75) is 57.9 Å². The van der Waals surface area contributed by atoms with Crippen molar-refractivity contribution in [2.75, 3.05) is 20.3 Å². The van der Waals surface area contributed by atoms with Crippen molar-refractivity contribution in [3.63, 3.8) is 0 Å². The molecule has 0 heterocycles. The van der Waals surface area contributed by atoms with Gasteiger partial charge in [0, 0.05) is 19.8 Å². The summed E-state index contributed by atoms with van der Waals surface area (Å²) in [7, 11) is 1.82. The molecule has 0 amide bonds. The van der Waals surface area contributed by atoms with E-state index in [1.807, 2.05) is 7.11 Å². The Labute approximate surface area is 107 Å². The fourth-order valence-electron chi connectivity index (χ4n) is 3.36. The molecule has 2 aliphatic rings. The standard InChI is InChI=1S/C15H29NO/c1-12(9-10-17-2)15-6-4-3-5-13(15)11-16-14-7-8-14/h12-16H,3-11H2,1-2H3. The van der Waals surface area contributed by atoms with Gasteiger partial charge >= 0.3 is 0 Å². The molecule has 0 aromatic heterocycles. The first-order chi connectivity index (χ1) is 8.31. The summed E-state index contributed by atoms with van der Waals surface area (Å²) in [5.74, 6) is 2.70. The first-order valence-corrected chi connectivity index (χ1v) is 7.53. The van der Waals surface area contributed by atoms with Gasteiger partial charge in [-0.1, -0.05) is 19.8 Å². The zero-order valence-corrected chi connectivity index (χ0v) is 11.6. The first kappa shape index (κ1) is 13.4. The zero-order chi connectivity index (χ0) is 12.1. The minimum atomic E-state index is 0.834. The number of ether oxygens (including phenoxy) is 1. The molecule has 0 aromatic carbocycles. The SMILES string of the molecule is COCCC(C)C1CCCCC1CNC1CC1. The summed E-state index contributed by atoms with van der Waals surface area (Å²) in [5, 5.41) is 3.74. The monoisotopic (exact) mass is 239 g/mol. The van der Waals surface area contributed by atoms with E-state index in [2.05, 4.69) is 12.2 Å². The quantitative estimate of drug-likeness (QED) is 0.736. The predicted molar refractivity (Wildman–Crippen MR) is 72.1 cm³/mol. The summed E-state index contributed by atoms with van der Waals surface area (Å²) >= 11 is 0. The maximum atomic E-state index is 5.23. The third kappa shape index (κ3) is 4.26. The molecule has 17 heavy (non-hydrogen) atoms. The first-order valence-electron chi connectivity index (χ1n) is 7.53. The van der Waals surface area contributed by atoms with Crippen molar-refractivity contribution in [1.82, 2.24) is 5.32 Å². The molecule has 2 heteroatoms. The van der Waals surface area contributed by atoms with Gasteiger partial charge in [0.25, 0.3) is 0 Å². The molecule has 0 bridgehead atoms. The fraction of sp³-hybridized carbons (Fsp3) is 1.00. The van der Waals surface area contributed by atoms with E-state index >= 15 is 0 Å². The summed E-state index contributed by atoms with van der Waals surface area (Å²) in [6.07, 6.45) is 9.85. The van der Waals surface area contributed by atoms with Crippen LogP contribution in [0, 0.1) is 17.8 Å². The van der Waals surface area contributed by atoms with Crippen molar-refractivity contribution in [3.05, 3.63) is 0 Å². The Bertz CT molecular complexity index is 215. The van der Waals surface area contributed by atoms with Crippen LogP contribution in [-0.4, -0.2) is 26.3 Å². The molecule has 1 N–H and O–H groups in total. The molecule has 2 aliphatic carbocycles. The lowest BCUT2D eigenvalue weighted by Crippen LogP contribution is -2.34. The summed E-state index contributed by atoms with van der Waals surface area (Å²) in [4.78, 5) is 0. The van der Waals surface area contributed by atoms with Crippen LogP contribution in [0.25, 0.3) is 0 Å². The highest BCUT2D eigenvalue weighted by Gasteiger charge is 2.30. The Balaban J connectivity index is 1.77. The molecule has 3 atom stereocenters. The average Bonchev–Trinajstić information content (AvgIpc) is 3.18. The van der Waals surface area contributed by atoms with Gasteiger partial charge in [-0.2, -0.15) is 0 Å². The minimum Gasteiger partial charge on any atom is -0.385 e. The second-order valence-corrected chi connectivity index (χ2v) is 6.15. The summed E-state index contributed by atoms with van der Waals surface area (Å²) in [6.45, 7) is 4.63. The van der Waals surface area contributed by atoms with E-state index < -0.39 is 0 Å².